The lowest BCUT2D eigenvalue weighted by molar-refractivity contribution is -0.139. The van der Waals surface area contributed by atoms with Crippen molar-refractivity contribution in [1.82, 2.24) is 19.2 Å². The van der Waals surface area contributed by atoms with Crippen molar-refractivity contribution in [2.75, 3.05) is 0 Å². The largest absolute Gasteiger partial charge is 0.416 e. The van der Waals surface area contributed by atoms with Gasteiger partial charge in [0.15, 0.2) is 0 Å². The first-order valence-corrected chi connectivity index (χ1v) is 7.03. The van der Waals surface area contributed by atoms with E-state index in [4.69, 9.17) is 0 Å². The van der Waals surface area contributed by atoms with Crippen molar-refractivity contribution < 1.29 is 18.3 Å². The first kappa shape index (κ1) is 16.2. The van der Waals surface area contributed by atoms with Crippen molar-refractivity contribution in [2.45, 2.75) is 25.7 Å². The van der Waals surface area contributed by atoms with Crippen molar-refractivity contribution in [2.24, 2.45) is 0 Å². The number of halogens is 3. The smallest absolute Gasteiger partial charge is 0.387 e. The molecule has 0 fully saturated rings. The Bertz CT molecular complexity index is 946. The third-order valence-corrected chi connectivity index (χ3v) is 3.72. The monoisotopic (exact) mass is 338 g/mol. The minimum atomic E-state index is -4.57. The first-order chi connectivity index (χ1) is 11.3. The van der Waals surface area contributed by atoms with Gasteiger partial charge in [0.2, 0.25) is 5.78 Å². The minimum absolute atomic E-state index is 0.156. The summed E-state index contributed by atoms with van der Waals surface area (Å²) in [6.07, 6.45) is -4.83. The fourth-order valence-corrected chi connectivity index (χ4v) is 2.59. The van der Waals surface area contributed by atoms with Crippen molar-refractivity contribution in [1.29, 1.82) is 0 Å². The Morgan fingerprint density at radius 1 is 1.29 bits per heavy atom. The van der Waals surface area contributed by atoms with Crippen LogP contribution in [-0.4, -0.2) is 24.3 Å². The van der Waals surface area contributed by atoms with E-state index in [0.717, 1.165) is 10.6 Å². The van der Waals surface area contributed by atoms with Crippen LogP contribution in [0.5, 0.6) is 0 Å². The number of aliphatic hydroxyl groups is 1. The fraction of sp³-hybridized carbons (Fsp3) is 0.267. The molecule has 1 atom stereocenters. The van der Waals surface area contributed by atoms with Gasteiger partial charge in [-0.25, -0.2) is 0 Å². The molecule has 3 aromatic rings. The maximum Gasteiger partial charge on any atom is 0.416 e. The third kappa shape index (κ3) is 2.78. The van der Waals surface area contributed by atoms with Gasteiger partial charge in [-0.3, -0.25) is 4.79 Å². The van der Waals surface area contributed by atoms with Gasteiger partial charge in [-0.1, -0.05) is 18.2 Å². The predicted molar refractivity (Wildman–Crippen MR) is 78.4 cm³/mol. The molecule has 0 amide bonds. The van der Waals surface area contributed by atoms with Crippen LogP contribution in [0.2, 0.25) is 0 Å². The molecule has 24 heavy (non-hydrogen) atoms. The lowest BCUT2D eigenvalue weighted by atomic mass is 10.0. The Morgan fingerprint density at radius 2 is 2.00 bits per heavy atom. The van der Waals surface area contributed by atoms with Crippen LogP contribution in [0.25, 0.3) is 5.78 Å². The van der Waals surface area contributed by atoms with E-state index in [9.17, 15) is 23.1 Å². The van der Waals surface area contributed by atoms with E-state index in [1.807, 2.05) is 0 Å². The summed E-state index contributed by atoms with van der Waals surface area (Å²) in [5.74, 6) is 0.156. The molecule has 2 aromatic heterocycles. The van der Waals surface area contributed by atoms with Crippen LogP contribution in [0, 0.1) is 6.92 Å². The second kappa shape index (κ2) is 5.75. The summed E-state index contributed by atoms with van der Waals surface area (Å²) in [4.78, 5) is 15.7. The number of benzene rings is 1. The maximum atomic E-state index is 13.1. The highest BCUT2D eigenvalue weighted by Crippen LogP contribution is 2.35. The van der Waals surface area contributed by atoms with Crippen molar-refractivity contribution >= 4 is 5.78 Å². The van der Waals surface area contributed by atoms with Crippen LogP contribution in [-0.2, 0) is 12.7 Å². The van der Waals surface area contributed by atoms with E-state index >= 15 is 0 Å². The molecule has 0 spiro atoms. The van der Waals surface area contributed by atoms with Gasteiger partial charge in [0.05, 0.1) is 18.2 Å². The number of rotatable bonds is 3. The van der Waals surface area contributed by atoms with Gasteiger partial charge in [0.25, 0.3) is 5.56 Å². The predicted octanol–water partition coefficient (Wildman–Crippen LogP) is 1.95. The van der Waals surface area contributed by atoms with Crippen LogP contribution < -0.4 is 5.56 Å². The number of aryl methyl sites for hydroxylation is 1. The Labute approximate surface area is 133 Å². The summed E-state index contributed by atoms with van der Waals surface area (Å²) < 4.78 is 41.8. The quantitative estimate of drug-likeness (QED) is 0.792. The normalized spacial score (nSPS) is 13.4. The molecule has 9 heteroatoms. The molecule has 1 unspecified atom stereocenters. The van der Waals surface area contributed by atoms with E-state index < -0.39 is 23.4 Å². The number of aromatic nitrogens is 4. The van der Waals surface area contributed by atoms with E-state index in [0.29, 0.717) is 5.69 Å². The van der Waals surface area contributed by atoms with E-state index in [2.05, 4.69) is 10.1 Å². The SMILES string of the molecule is Cc1cc(=O)n2ncnc2n1CC(O)c1ccccc1C(F)(F)F. The average Bonchev–Trinajstić information content (AvgIpc) is 3.00. The lowest BCUT2D eigenvalue weighted by Crippen LogP contribution is -2.23. The summed E-state index contributed by atoms with van der Waals surface area (Å²) >= 11 is 0. The first-order valence-electron chi connectivity index (χ1n) is 7.03. The molecular formula is C15H13F3N4O2. The molecule has 0 aliphatic rings. The van der Waals surface area contributed by atoms with Crippen LogP contribution in [0.3, 0.4) is 0 Å². The van der Waals surface area contributed by atoms with E-state index in [1.165, 1.54) is 35.2 Å². The van der Waals surface area contributed by atoms with Gasteiger partial charge in [-0.2, -0.15) is 27.8 Å². The highest BCUT2D eigenvalue weighted by Gasteiger charge is 2.34. The topological polar surface area (TPSA) is 72.4 Å². The Hall–Kier alpha value is -2.68. The zero-order chi connectivity index (χ0) is 17.5. The number of hydrogen-bond donors (Lipinski definition) is 1. The number of alkyl halides is 3. The van der Waals surface area contributed by atoms with Crippen LogP contribution in [0.4, 0.5) is 13.2 Å². The molecule has 0 aliphatic heterocycles. The minimum Gasteiger partial charge on any atom is -0.387 e. The standard InChI is InChI=1S/C15H13F3N4O2/c1-9-6-13(24)22-14(19-8-20-22)21(9)7-12(23)10-4-2-3-5-11(10)15(16,17)18/h2-6,8,12,23H,7H2,1H3. The van der Waals surface area contributed by atoms with Crippen LogP contribution >= 0.6 is 0 Å². The van der Waals surface area contributed by atoms with Gasteiger partial charge in [0, 0.05) is 11.8 Å². The van der Waals surface area contributed by atoms with Gasteiger partial charge < -0.3 is 9.67 Å². The Balaban J connectivity index is 2.05. The molecule has 1 aromatic carbocycles. The van der Waals surface area contributed by atoms with E-state index in [-0.39, 0.29) is 17.9 Å². The lowest BCUT2D eigenvalue weighted by Gasteiger charge is -2.20. The molecule has 0 aliphatic carbocycles. The zero-order valence-corrected chi connectivity index (χ0v) is 12.5. The van der Waals surface area contributed by atoms with Gasteiger partial charge in [-0.05, 0) is 18.6 Å². The Morgan fingerprint density at radius 3 is 2.71 bits per heavy atom. The molecule has 0 saturated heterocycles. The van der Waals surface area contributed by atoms with Crippen molar-refractivity contribution in [3.8, 4) is 0 Å². The molecule has 1 N–H and O–H groups in total. The van der Waals surface area contributed by atoms with Crippen LogP contribution in [0.1, 0.15) is 22.9 Å². The second-order valence-electron chi connectivity index (χ2n) is 5.31. The van der Waals surface area contributed by atoms with Crippen molar-refractivity contribution in [3.05, 3.63) is 63.8 Å². The third-order valence-electron chi connectivity index (χ3n) is 3.72. The van der Waals surface area contributed by atoms with Gasteiger partial charge >= 0.3 is 6.18 Å². The fourth-order valence-electron chi connectivity index (χ4n) is 2.59. The van der Waals surface area contributed by atoms with Gasteiger partial charge in [-0.15, -0.1) is 0 Å². The average molecular weight is 338 g/mol. The molecular weight excluding hydrogens is 325 g/mol. The molecule has 126 valence electrons. The highest BCUT2D eigenvalue weighted by molar-refractivity contribution is 5.33. The number of aliphatic hydroxyl groups excluding tert-OH is 1. The summed E-state index contributed by atoms with van der Waals surface area (Å²) in [7, 11) is 0. The zero-order valence-electron chi connectivity index (χ0n) is 12.5. The maximum absolute atomic E-state index is 13.1. The number of fused-ring (bicyclic) bond motifs is 1. The number of hydrogen-bond acceptors (Lipinski definition) is 4. The highest BCUT2D eigenvalue weighted by atomic mass is 19.4. The summed E-state index contributed by atoms with van der Waals surface area (Å²) in [5.41, 5.74) is -1.07. The van der Waals surface area contributed by atoms with E-state index in [1.54, 1.807) is 6.92 Å². The molecule has 0 saturated carbocycles. The molecule has 2 heterocycles. The van der Waals surface area contributed by atoms with Gasteiger partial charge in [0.1, 0.15) is 6.33 Å². The summed E-state index contributed by atoms with van der Waals surface area (Å²) in [6, 6.07) is 6.12. The molecule has 0 radical (unpaired) electrons. The summed E-state index contributed by atoms with van der Waals surface area (Å²) in [5, 5.41) is 14.1. The van der Waals surface area contributed by atoms with Crippen LogP contribution in [0.15, 0.2) is 41.5 Å². The molecule has 6 nitrogen and oxygen atoms in total. The number of nitrogens with zero attached hydrogens (tertiary/aromatic N) is 4. The second-order valence-corrected chi connectivity index (χ2v) is 5.31. The Kier molecular flexibility index (Phi) is 3.88. The molecule has 3 rings (SSSR count). The van der Waals surface area contributed by atoms with Crippen molar-refractivity contribution in [3.63, 3.8) is 0 Å². The molecule has 0 bridgehead atoms. The summed E-state index contributed by atoms with van der Waals surface area (Å²) in [6.45, 7) is 1.42.